The van der Waals surface area contributed by atoms with Gasteiger partial charge in [0.1, 0.15) is 17.2 Å². The Hall–Kier alpha value is -4.69. The summed E-state index contributed by atoms with van der Waals surface area (Å²) >= 11 is 0. The first kappa shape index (κ1) is 30.8. The number of halogens is 3. The van der Waals surface area contributed by atoms with Crippen molar-refractivity contribution >= 4 is 34.1 Å². The summed E-state index contributed by atoms with van der Waals surface area (Å²) in [7, 11) is 2.47. The van der Waals surface area contributed by atoms with E-state index in [4.69, 9.17) is 9.47 Å². The molecule has 0 bridgehead atoms. The van der Waals surface area contributed by atoms with E-state index in [1.54, 1.807) is 6.20 Å². The van der Waals surface area contributed by atoms with Crippen molar-refractivity contribution in [1.82, 2.24) is 14.9 Å². The fourth-order valence-corrected chi connectivity index (χ4v) is 5.40. The first-order valence-electron chi connectivity index (χ1n) is 14.5. The van der Waals surface area contributed by atoms with E-state index in [-0.39, 0.29) is 19.5 Å². The average molecular weight is 608 g/mol. The van der Waals surface area contributed by atoms with E-state index in [2.05, 4.69) is 40.6 Å². The van der Waals surface area contributed by atoms with Gasteiger partial charge in [-0.2, -0.15) is 0 Å². The zero-order chi connectivity index (χ0) is 31.4. The lowest BCUT2D eigenvalue weighted by Crippen LogP contribution is -2.46. The molecule has 0 saturated carbocycles. The molecule has 44 heavy (non-hydrogen) atoms. The highest BCUT2D eigenvalue weighted by Crippen LogP contribution is 2.44. The number of aromatic amines is 1. The Morgan fingerprint density at radius 1 is 1.00 bits per heavy atom. The third-order valence-electron chi connectivity index (χ3n) is 7.58. The van der Waals surface area contributed by atoms with Crippen molar-refractivity contribution in [2.45, 2.75) is 39.7 Å². The molecule has 5 rings (SSSR count). The molecule has 0 atom stereocenters. The van der Waals surface area contributed by atoms with Gasteiger partial charge in [-0.15, -0.1) is 5.92 Å². The Balaban J connectivity index is 0.00000461. The number of benzene rings is 2. The van der Waals surface area contributed by atoms with Crippen LogP contribution in [0.1, 0.15) is 39.4 Å². The predicted octanol–water partition coefficient (Wildman–Crippen LogP) is 7.19. The van der Waals surface area contributed by atoms with E-state index in [9.17, 15) is 9.18 Å². The van der Waals surface area contributed by atoms with Crippen LogP contribution in [-0.2, 0) is 13.0 Å². The molecule has 0 unspecified atom stereocenters. The molecule has 0 fully saturated rings. The molecule has 3 heterocycles. The quantitative estimate of drug-likeness (QED) is 0.193. The molecule has 0 radical (unpaired) electrons. The van der Waals surface area contributed by atoms with E-state index in [0.717, 1.165) is 49.1 Å². The molecule has 2 aromatic heterocycles. The van der Waals surface area contributed by atoms with E-state index >= 15 is 8.78 Å². The molecule has 0 saturated heterocycles. The number of hydrogen-bond acceptors (Lipinski definition) is 5. The minimum Gasteiger partial charge on any atom is -0.493 e. The highest BCUT2D eigenvalue weighted by atomic mass is 19.1. The maximum Gasteiger partial charge on any atom is 0.334 e. The number of amides is 2. The number of urea groups is 1. The zero-order valence-corrected chi connectivity index (χ0v) is 25.1. The van der Waals surface area contributed by atoms with Crippen molar-refractivity contribution in [1.29, 1.82) is 0 Å². The first-order chi connectivity index (χ1) is 21.3. The van der Waals surface area contributed by atoms with Crippen LogP contribution in [0.4, 0.5) is 35.0 Å². The monoisotopic (exact) mass is 607 g/mol. The molecule has 0 aliphatic carbocycles. The largest absolute Gasteiger partial charge is 0.493 e. The lowest BCUT2D eigenvalue weighted by Gasteiger charge is -2.37. The minimum absolute atomic E-state index is 0. The Morgan fingerprint density at radius 3 is 2.34 bits per heavy atom. The third kappa shape index (κ3) is 5.90. The van der Waals surface area contributed by atoms with Crippen LogP contribution in [0.5, 0.6) is 11.5 Å². The number of H-pyrrole nitrogens is 1. The molecule has 11 heteroatoms. The summed E-state index contributed by atoms with van der Waals surface area (Å²) in [6, 6.07) is 7.50. The standard InChI is InChI=1S/C33H34F3N5O3.H2/c1-5-15-39(6-2)16-9-7-8-10-23-17-25-30-21(19-37-32(25)38-23)20-40(33(42)41(30)24-13-11-22(34)12-14-24)31-28(35)26(43-3)18-27(44-4)29(31)36;/h11-14,17-19H,5-6,9-10,15-16,20H2,1-4H3,(H,37,38);1H. The summed E-state index contributed by atoms with van der Waals surface area (Å²) < 4.78 is 55.3. The van der Waals surface area contributed by atoms with Gasteiger partial charge in [0.05, 0.1) is 32.1 Å². The van der Waals surface area contributed by atoms with Crippen LogP contribution >= 0.6 is 0 Å². The normalized spacial score (nSPS) is 12.9. The summed E-state index contributed by atoms with van der Waals surface area (Å²) in [5, 5.41) is 0.626. The smallest absolute Gasteiger partial charge is 0.334 e. The van der Waals surface area contributed by atoms with Gasteiger partial charge < -0.3 is 19.4 Å². The minimum atomic E-state index is -1.06. The number of nitrogens with zero attached hydrogens (tertiary/aromatic N) is 4. The fourth-order valence-electron chi connectivity index (χ4n) is 5.40. The second kappa shape index (κ2) is 13.3. The topological polar surface area (TPSA) is 73.9 Å². The Labute approximate surface area is 255 Å². The maximum absolute atomic E-state index is 15.6. The van der Waals surface area contributed by atoms with Crippen molar-refractivity contribution < 1.29 is 28.9 Å². The van der Waals surface area contributed by atoms with Gasteiger partial charge in [-0.05, 0) is 49.8 Å². The number of methoxy groups -OCH3 is 2. The molecule has 4 aromatic rings. The van der Waals surface area contributed by atoms with Crippen LogP contribution in [0.15, 0.2) is 42.6 Å². The van der Waals surface area contributed by atoms with Crippen molar-refractivity contribution in [3.63, 3.8) is 0 Å². The maximum atomic E-state index is 15.6. The van der Waals surface area contributed by atoms with Gasteiger partial charge in [0.15, 0.2) is 23.1 Å². The summed E-state index contributed by atoms with van der Waals surface area (Å²) in [5.74, 6) is 3.25. The second-order valence-electron chi connectivity index (χ2n) is 10.3. The summed E-state index contributed by atoms with van der Waals surface area (Å²) in [5.41, 5.74) is 2.00. The molecule has 0 spiro atoms. The number of nitrogens with one attached hydrogen (secondary N) is 1. The van der Waals surface area contributed by atoms with E-state index in [0.29, 0.717) is 34.4 Å². The molecule has 8 nitrogen and oxygen atoms in total. The summed E-state index contributed by atoms with van der Waals surface area (Å²) in [6.07, 6.45) is 3.86. The molecule has 1 N–H and O–H groups in total. The van der Waals surface area contributed by atoms with E-state index < -0.39 is 29.2 Å². The lowest BCUT2D eigenvalue weighted by atomic mass is 10.1. The third-order valence-corrected chi connectivity index (χ3v) is 7.58. The van der Waals surface area contributed by atoms with Crippen molar-refractivity contribution in [2.75, 3.05) is 43.7 Å². The van der Waals surface area contributed by atoms with Gasteiger partial charge in [-0.3, -0.25) is 9.80 Å². The van der Waals surface area contributed by atoms with Crippen LogP contribution < -0.4 is 19.3 Å². The number of pyridine rings is 1. The van der Waals surface area contributed by atoms with Crippen molar-refractivity contribution in [3.8, 4) is 23.3 Å². The Morgan fingerprint density at radius 2 is 1.70 bits per heavy atom. The van der Waals surface area contributed by atoms with Gasteiger partial charge in [-0.25, -0.2) is 22.9 Å². The van der Waals surface area contributed by atoms with Crippen LogP contribution in [-0.4, -0.2) is 54.8 Å². The van der Waals surface area contributed by atoms with Crippen molar-refractivity contribution in [3.05, 3.63) is 71.3 Å². The second-order valence-corrected chi connectivity index (χ2v) is 10.3. The SMILES string of the molecule is CCCN(CC)CCC#CCc1cc2c3c(cnc2[nH]1)CN(c1c(F)c(OC)cc(OC)c1F)C(=O)N3c1ccc(F)cc1.[HH]. The summed E-state index contributed by atoms with van der Waals surface area (Å²) in [4.78, 5) is 26.6. The molecular weight excluding hydrogens is 571 g/mol. The van der Waals surface area contributed by atoms with Crippen molar-refractivity contribution in [2.24, 2.45) is 0 Å². The zero-order valence-electron chi connectivity index (χ0n) is 25.1. The highest BCUT2D eigenvalue weighted by Gasteiger charge is 2.38. The molecular formula is C33H36F3N5O3. The molecule has 2 amide bonds. The van der Waals surface area contributed by atoms with E-state index in [1.807, 2.05) is 6.07 Å². The van der Waals surface area contributed by atoms with Gasteiger partial charge in [0.25, 0.3) is 0 Å². The van der Waals surface area contributed by atoms with Crippen LogP contribution in [0, 0.1) is 29.3 Å². The van der Waals surface area contributed by atoms with E-state index in [1.165, 1.54) is 43.4 Å². The number of ether oxygens (including phenoxy) is 2. The van der Waals surface area contributed by atoms with Gasteiger partial charge >= 0.3 is 6.03 Å². The predicted molar refractivity (Wildman–Crippen MR) is 166 cm³/mol. The molecule has 1 aliphatic heterocycles. The number of hydrogen-bond donors (Lipinski definition) is 1. The number of anilines is 3. The molecule has 1 aliphatic rings. The number of carbonyl (C=O) groups excluding carboxylic acids is 1. The average Bonchev–Trinajstić information content (AvgIpc) is 3.45. The highest BCUT2D eigenvalue weighted by molar-refractivity contribution is 6.15. The molecule has 2 aromatic carbocycles. The van der Waals surface area contributed by atoms with Crippen LogP contribution in [0.25, 0.3) is 11.0 Å². The lowest BCUT2D eigenvalue weighted by molar-refractivity contribution is 0.251. The Kier molecular flexibility index (Phi) is 9.30. The van der Waals surface area contributed by atoms with Gasteiger partial charge in [-0.1, -0.05) is 19.8 Å². The van der Waals surface area contributed by atoms with Gasteiger partial charge in [0.2, 0.25) is 0 Å². The summed E-state index contributed by atoms with van der Waals surface area (Å²) in [6.45, 7) is 7.05. The molecule has 232 valence electrons. The number of aromatic nitrogens is 2. The fraction of sp³-hybridized carbons (Fsp3) is 0.333. The van der Waals surface area contributed by atoms with Gasteiger partial charge in [0, 0.05) is 49.7 Å². The number of fused-ring (bicyclic) bond motifs is 3. The first-order valence-corrected chi connectivity index (χ1v) is 14.5. The van der Waals surface area contributed by atoms with Crippen LogP contribution in [0.3, 0.4) is 0 Å². The number of carbonyl (C=O) groups is 1. The Bertz CT molecular complexity index is 1710. The van der Waals surface area contributed by atoms with Crippen LogP contribution in [0.2, 0.25) is 0 Å². The number of rotatable bonds is 10.